The predicted molar refractivity (Wildman–Crippen MR) is 80.0 cm³/mol. The van der Waals surface area contributed by atoms with Gasteiger partial charge in [-0.3, -0.25) is 4.98 Å². The molecule has 1 nitrogen and oxygen atoms in total. The summed E-state index contributed by atoms with van der Waals surface area (Å²) in [4.78, 5) is 4.82. The van der Waals surface area contributed by atoms with Gasteiger partial charge in [0.15, 0.2) is 0 Å². The summed E-state index contributed by atoms with van der Waals surface area (Å²) in [7, 11) is 0. The van der Waals surface area contributed by atoms with Gasteiger partial charge in [0.25, 0.3) is 0 Å². The first-order valence-electron chi connectivity index (χ1n) is 6.74. The average Bonchev–Trinajstić information content (AvgIpc) is 2.48. The Kier molecular flexibility index (Phi) is 5.05. The molecule has 0 aliphatic rings. The molecule has 0 amide bonds. The zero-order chi connectivity index (χ0) is 13.1. The van der Waals surface area contributed by atoms with Gasteiger partial charge in [-0.25, -0.2) is 0 Å². The molecule has 103 valence electrons. The zero-order valence-electron chi connectivity index (χ0n) is 11.4. The third kappa shape index (κ3) is 2.98. The third-order valence-corrected chi connectivity index (χ3v) is 3.28. The fourth-order valence-corrected chi connectivity index (χ4v) is 2.36. The molecule has 0 aliphatic heterocycles. The van der Waals surface area contributed by atoms with Gasteiger partial charge in [-0.15, -0.1) is 35.9 Å². The molecular formula is C18H16IrN-. The molecule has 1 heterocycles. The van der Waals surface area contributed by atoms with E-state index in [4.69, 9.17) is 4.98 Å². The van der Waals surface area contributed by atoms with Gasteiger partial charge in [0, 0.05) is 31.3 Å². The van der Waals surface area contributed by atoms with Crippen LogP contribution in [0.25, 0.3) is 22.0 Å². The van der Waals surface area contributed by atoms with Crippen LogP contribution in [0.2, 0.25) is 0 Å². The van der Waals surface area contributed by atoms with E-state index in [1.54, 1.807) is 0 Å². The van der Waals surface area contributed by atoms with E-state index in [0.717, 1.165) is 29.5 Å². The number of para-hydroxylation sites is 1. The summed E-state index contributed by atoms with van der Waals surface area (Å²) in [5, 5.41) is 1.19. The molecule has 0 spiro atoms. The number of fused-ring (bicyclic) bond motifs is 1. The van der Waals surface area contributed by atoms with Crippen molar-refractivity contribution >= 4 is 10.9 Å². The van der Waals surface area contributed by atoms with Gasteiger partial charge in [-0.05, 0) is 17.9 Å². The summed E-state index contributed by atoms with van der Waals surface area (Å²) in [6.07, 6.45) is 2.15. The molecule has 3 aromatic rings. The predicted octanol–water partition coefficient (Wildman–Crippen LogP) is 4.65. The molecule has 0 N–H and O–H groups in total. The van der Waals surface area contributed by atoms with Gasteiger partial charge >= 0.3 is 0 Å². The quantitative estimate of drug-likeness (QED) is 0.543. The Morgan fingerprint density at radius 3 is 2.65 bits per heavy atom. The minimum atomic E-state index is 0. The first-order valence-corrected chi connectivity index (χ1v) is 6.74. The Hall–Kier alpha value is -1.50. The van der Waals surface area contributed by atoms with Crippen LogP contribution in [0.15, 0.2) is 54.6 Å². The van der Waals surface area contributed by atoms with Crippen LogP contribution in [0.3, 0.4) is 0 Å². The number of pyridine rings is 1. The normalized spacial score (nSPS) is 10.2. The number of hydrogen-bond acceptors (Lipinski definition) is 1. The molecule has 0 bridgehead atoms. The number of nitrogens with zero attached hydrogens (tertiary/aromatic N) is 1. The summed E-state index contributed by atoms with van der Waals surface area (Å²) >= 11 is 0. The first-order chi connectivity index (χ1) is 9.38. The molecule has 0 unspecified atom stereocenters. The molecule has 0 aliphatic carbocycles. The summed E-state index contributed by atoms with van der Waals surface area (Å²) in [6, 6.07) is 22.0. The topological polar surface area (TPSA) is 12.9 Å². The summed E-state index contributed by atoms with van der Waals surface area (Å²) in [5.41, 5.74) is 4.51. The zero-order valence-corrected chi connectivity index (χ0v) is 13.8. The molecule has 2 aromatic carbocycles. The van der Waals surface area contributed by atoms with Crippen molar-refractivity contribution in [3.05, 3.63) is 66.4 Å². The van der Waals surface area contributed by atoms with Crippen LogP contribution in [-0.2, 0) is 26.5 Å². The van der Waals surface area contributed by atoms with E-state index in [-0.39, 0.29) is 20.1 Å². The van der Waals surface area contributed by atoms with Gasteiger partial charge in [0.2, 0.25) is 0 Å². The van der Waals surface area contributed by atoms with Crippen LogP contribution >= 0.6 is 0 Å². The van der Waals surface area contributed by atoms with E-state index in [2.05, 4.69) is 49.4 Å². The van der Waals surface area contributed by atoms with Crippen molar-refractivity contribution in [2.24, 2.45) is 0 Å². The maximum absolute atomic E-state index is 4.82. The summed E-state index contributed by atoms with van der Waals surface area (Å²) in [5.74, 6) is 0. The SMILES string of the molecule is CCCc1ccc2cccc(-c3[c-]cccc3)c2n1.[Ir]. The summed E-state index contributed by atoms with van der Waals surface area (Å²) in [6.45, 7) is 2.18. The summed E-state index contributed by atoms with van der Waals surface area (Å²) < 4.78 is 0. The van der Waals surface area contributed by atoms with Crippen molar-refractivity contribution in [3.8, 4) is 11.1 Å². The number of aryl methyl sites for hydroxylation is 1. The van der Waals surface area contributed by atoms with Gasteiger partial charge in [-0.1, -0.05) is 43.2 Å². The van der Waals surface area contributed by atoms with Gasteiger partial charge < -0.3 is 0 Å². The van der Waals surface area contributed by atoms with Crippen LogP contribution in [-0.4, -0.2) is 4.98 Å². The minimum Gasteiger partial charge on any atom is -0.262 e. The first kappa shape index (κ1) is 14.9. The van der Waals surface area contributed by atoms with Crippen molar-refractivity contribution in [3.63, 3.8) is 0 Å². The molecule has 0 atom stereocenters. The van der Waals surface area contributed by atoms with Crippen molar-refractivity contribution in [2.75, 3.05) is 0 Å². The molecule has 0 fully saturated rings. The second kappa shape index (κ2) is 6.78. The minimum absolute atomic E-state index is 0. The Labute approximate surface area is 133 Å². The molecule has 20 heavy (non-hydrogen) atoms. The monoisotopic (exact) mass is 439 g/mol. The van der Waals surface area contributed by atoms with Crippen LogP contribution in [0.5, 0.6) is 0 Å². The van der Waals surface area contributed by atoms with Crippen LogP contribution < -0.4 is 0 Å². The second-order valence-corrected chi connectivity index (χ2v) is 4.71. The van der Waals surface area contributed by atoms with E-state index in [1.807, 2.05) is 18.2 Å². The molecule has 1 radical (unpaired) electrons. The van der Waals surface area contributed by atoms with Crippen molar-refractivity contribution < 1.29 is 20.1 Å². The molecule has 1 aromatic heterocycles. The average molecular weight is 439 g/mol. The van der Waals surface area contributed by atoms with E-state index in [0.29, 0.717) is 0 Å². The van der Waals surface area contributed by atoms with Crippen molar-refractivity contribution in [2.45, 2.75) is 19.8 Å². The molecule has 0 saturated heterocycles. The van der Waals surface area contributed by atoms with Crippen molar-refractivity contribution in [1.82, 2.24) is 4.98 Å². The van der Waals surface area contributed by atoms with Gasteiger partial charge in [0.05, 0.1) is 0 Å². The van der Waals surface area contributed by atoms with E-state index in [9.17, 15) is 0 Å². The van der Waals surface area contributed by atoms with Crippen LogP contribution in [0.1, 0.15) is 19.0 Å². The Morgan fingerprint density at radius 2 is 1.90 bits per heavy atom. The maximum atomic E-state index is 4.82. The van der Waals surface area contributed by atoms with Crippen molar-refractivity contribution in [1.29, 1.82) is 0 Å². The number of rotatable bonds is 3. The van der Waals surface area contributed by atoms with Gasteiger partial charge in [-0.2, -0.15) is 0 Å². The largest absolute Gasteiger partial charge is 0.262 e. The third-order valence-electron chi connectivity index (χ3n) is 3.28. The van der Waals surface area contributed by atoms with Crippen LogP contribution in [0, 0.1) is 6.07 Å². The van der Waals surface area contributed by atoms with Gasteiger partial charge in [0.1, 0.15) is 0 Å². The van der Waals surface area contributed by atoms with E-state index in [1.165, 1.54) is 11.1 Å². The molecule has 3 rings (SSSR count). The fourth-order valence-electron chi connectivity index (χ4n) is 2.36. The second-order valence-electron chi connectivity index (χ2n) is 4.71. The fraction of sp³-hybridized carbons (Fsp3) is 0.167. The Morgan fingerprint density at radius 1 is 1.00 bits per heavy atom. The van der Waals surface area contributed by atoms with E-state index < -0.39 is 0 Å². The van der Waals surface area contributed by atoms with Crippen LogP contribution in [0.4, 0.5) is 0 Å². The molecule has 2 heteroatoms. The maximum Gasteiger partial charge on any atom is 0.0401 e. The number of hydrogen-bond donors (Lipinski definition) is 0. The number of aromatic nitrogens is 1. The molecule has 0 saturated carbocycles. The van der Waals surface area contributed by atoms with E-state index >= 15 is 0 Å². The smallest absolute Gasteiger partial charge is 0.0401 e. The Bertz CT molecular complexity index is 692. The number of benzene rings is 2. The standard InChI is InChI=1S/C18H16N.Ir/c1-2-7-16-13-12-15-10-6-11-17(18(15)19-16)14-8-4-3-5-9-14;/h3-6,8,10-13H,2,7H2,1H3;/q-1;. The Balaban J connectivity index is 0.00000147. The molecular weight excluding hydrogens is 422 g/mol.